The van der Waals surface area contributed by atoms with Crippen LogP contribution < -0.4 is 9.64 Å². The highest BCUT2D eigenvalue weighted by atomic mass is 35.5. The van der Waals surface area contributed by atoms with E-state index in [4.69, 9.17) is 27.9 Å². The quantitative estimate of drug-likeness (QED) is 0.825. The number of anilines is 1. The maximum atomic E-state index is 12.6. The first kappa shape index (κ1) is 16.9. The van der Waals surface area contributed by atoms with E-state index in [9.17, 15) is 4.79 Å². The second-order valence-corrected chi connectivity index (χ2v) is 6.37. The van der Waals surface area contributed by atoms with Crippen molar-refractivity contribution in [3.05, 3.63) is 58.1 Å². The molecule has 0 aliphatic carbocycles. The summed E-state index contributed by atoms with van der Waals surface area (Å²) in [5, 5.41) is 1.11. The van der Waals surface area contributed by atoms with Crippen molar-refractivity contribution in [1.82, 2.24) is 4.90 Å². The molecule has 1 amide bonds. The molecule has 0 saturated carbocycles. The highest BCUT2D eigenvalue weighted by molar-refractivity contribution is 6.43. The van der Waals surface area contributed by atoms with Crippen LogP contribution in [0.25, 0.3) is 0 Å². The topological polar surface area (TPSA) is 32.8 Å². The van der Waals surface area contributed by atoms with Crippen molar-refractivity contribution in [2.45, 2.75) is 0 Å². The number of amides is 1. The van der Waals surface area contributed by atoms with E-state index >= 15 is 0 Å². The maximum absolute atomic E-state index is 12.6. The summed E-state index contributed by atoms with van der Waals surface area (Å²) in [7, 11) is 1.59. The van der Waals surface area contributed by atoms with Gasteiger partial charge in [0.25, 0.3) is 5.91 Å². The molecule has 4 nitrogen and oxygen atoms in total. The minimum atomic E-state index is 0.0192. The van der Waals surface area contributed by atoms with Crippen molar-refractivity contribution < 1.29 is 9.53 Å². The molecular formula is C18H18Cl2N2O2. The molecule has 0 spiro atoms. The predicted octanol–water partition coefficient (Wildman–Crippen LogP) is 3.96. The first-order valence-electron chi connectivity index (χ1n) is 7.72. The lowest BCUT2D eigenvalue weighted by atomic mass is 10.1. The zero-order valence-electron chi connectivity index (χ0n) is 13.3. The van der Waals surface area contributed by atoms with Crippen LogP contribution in [0.1, 0.15) is 10.4 Å². The molecular weight excluding hydrogens is 347 g/mol. The number of ether oxygens (including phenoxy) is 1. The lowest BCUT2D eigenvalue weighted by Gasteiger charge is -2.36. The van der Waals surface area contributed by atoms with Crippen molar-refractivity contribution in [3.8, 4) is 5.75 Å². The fourth-order valence-electron chi connectivity index (χ4n) is 2.83. The molecule has 6 heteroatoms. The van der Waals surface area contributed by atoms with Crippen molar-refractivity contribution >= 4 is 34.8 Å². The Morgan fingerprint density at radius 1 is 1.04 bits per heavy atom. The second kappa shape index (κ2) is 7.32. The van der Waals surface area contributed by atoms with Gasteiger partial charge in [0, 0.05) is 31.7 Å². The molecule has 1 fully saturated rings. The van der Waals surface area contributed by atoms with Crippen LogP contribution in [0.15, 0.2) is 42.5 Å². The van der Waals surface area contributed by atoms with Crippen molar-refractivity contribution in [2.75, 3.05) is 38.2 Å². The molecule has 1 aliphatic rings. The van der Waals surface area contributed by atoms with Crippen LogP contribution in [0, 0.1) is 0 Å². The Hall–Kier alpha value is -1.91. The number of rotatable bonds is 3. The second-order valence-electron chi connectivity index (χ2n) is 5.58. The molecule has 0 bridgehead atoms. The van der Waals surface area contributed by atoms with E-state index in [0.29, 0.717) is 34.4 Å². The average molecular weight is 365 g/mol. The molecule has 1 heterocycles. The zero-order chi connectivity index (χ0) is 17.1. The monoisotopic (exact) mass is 364 g/mol. The largest absolute Gasteiger partial charge is 0.497 e. The first-order chi connectivity index (χ1) is 11.6. The van der Waals surface area contributed by atoms with Crippen molar-refractivity contribution in [1.29, 1.82) is 0 Å². The molecule has 3 rings (SSSR count). The van der Waals surface area contributed by atoms with Crippen molar-refractivity contribution in [2.24, 2.45) is 0 Å². The van der Waals surface area contributed by atoms with Gasteiger partial charge in [0.15, 0.2) is 0 Å². The van der Waals surface area contributed by atoms with E-state index in [1.54, 1.807) is 19.2 Å². The SMILES string of the molecule is COc1cccc(C(=O)N2CCN(c3cccc(Cl)c3Cl)CC2)c1. The molecule has 24 heavy (non-hydrogen) atoms. The van der Waals surface area contributed by atoms with Gasteiger partial charge >= 0.3 is 0 Å². The minimum Gasteiger partial charge on any atom is -0.497 e. The third-order valence-electron chi connectivity index (χ3n) is 4.16. The van der Waals surface area contributed by atoms with E-state index in [0.717, 1.165) is 18.8 Å². The van der Waals surface area contributed by atoms with Gasteiger partial charge < -0.3 is 14.5 Å². The number of piperazine rings is 1. The Labute approximate surface area is 151 Å². The Morgan fingerprint density at radius 2 is 1.75 bits per heavy atom. The van der Waals surface area contributed by atoms with E-state index in [1.807, 2.05) is 35.2 Å². The number of halogens is 2. The van der Waals surface area contributed by atoms with Crippen LogP contribution in [0.2, 0.25) is 10.0 Å². The number of benzene rings is 2. The standard InChI is InChI=1S/C18H18Cl2N2O2/c1-24-14-5-2-4-13(12-14)18(23)22-10-8-21(9-11-22)16-7-3-6-15(19)17(16)20/h2-7,12H,8-11H2,1H3. The summed E-state index contributed by atoms with van der Waals surface area (Å²) in [6.45, 7) is 2.71. The molecule has 0 radical (unpaired) electrons. The van der Waals surface area contributed by atoms with Gasteiger partial charge in [0.2, 0.25) is 0 Å². The first-order valence-corrected chi connectivity index (χ1v) is 8.48. The van der Waals surface area contributed by atoms with Gasteiger partial charge in [-0.3, -0.25) is 4.79 Å². The number of methoxy groups -OCH3 is 1. The van der Waals surface area contributed by atoms with Crippen molar-refractivity contribution in [3.63, 3.8) is 0 Å². The molecule has 0 atom stereocenters. The zero-order valence-corrected chi connectivity index (χ0v) is 14.8. The normalized spacial score (nSPS) is 14.6. The van der Waals surface area contributed by atoms with Crippen LogP contribution in [-0.4, -0.2) is 44.1 Å². The molecule has 0 aromatic heterocycles. The summed E-state index contributed by atoms with van der Waals surface area (Å²) in [5.41, 5.74) is 1.56. The number of hydrogen-bond donors (Lipinski definition) is 0. The van der Waals surface area contributed by atoms with Gasteiger partial charge in [-0.1, -0.05) is 35.3 Å². The molecule has 1 saturated heterocycles. The van der Waals surface area contributed by atoms with Gasteiger partial charge in [-0.25, -0.2) is 0 Å². The highest BCUT2D eigenvalue weighted by Crippen LogP contribution is 2.33. The van der Waals surface area contributed by atoms with E-state index in [-0.39, 0.29) is 5.91 Å². The third-order valence-corrected chi connectivity index (χ3v) is 4.96. The van der Waals surface area contributed by atoms with E-state index in [2.05, 4.69) is 4.90 Å². The number of hydrogen-bond acceptors (Lipinski definition) is 3. The molecule has 126 valence electrons. The Bertz CT molecular complexity index is 744. The van der Waals surface area contributed by atoms with Crippen LogP contribution in [0.4, 0.5) is 5.69 Å². The summed E-state index contributed by atoms with van der Waals surface area (Å²) in [4.78, 5) is 16.6. The van der Waals surface area contributed by atoms with Gasteiger partial charge in [-0.2, -0.15) is 0 Å². The van der Waals surface area contributed by atoms with Gasteiger partial charge in [-0.05, 0) is 30.3 Å². The Balaban J connectivity index is 1.68. The highest BCUT2D eigenvalue weighted by Gasteiger charge is 2.24. The van der Waals surface area contributed by atoms with Crippen LogP contribution in [-0.2, 0) is 0 Å². The van der Waals surface area contributed by atoms with Crippen LogP contribution in [0.5, 0.6) is 5.75 Å². The molecule has 2 aromatic rings. The summed E-state index contributed by atoms with van der Waals surface area (Å²) in [5.74, 6) is 0.705. The number of nitrogens with zero attached hydrogens (tertiary/aromatic N) is 2. The van der Waals surface area contributed by atoms with Gasteiger partial charge in [0.1, 0.15) is 5.75 Å². The average Bonchev–Trinajstić information content (AvgIpc) is 2.63. The molecule has 0 N–H and O–H groups in total. The fourth-order valence-corrected chi connectivity index (χ4v) is 3.24. The fraction of sp³-hybridized carbons (Fsp3) is 0.278. The minimum absolute atomic E-state index is 0.0192. The summed E-state index contributed by atoms with van der Waals surface area (Å²) >= 11 is 12.4. The maximum Gasteiger partial charge on any atom is 0.254 e. The van der Waals surface area contributed by atoms with Crippen LogP contribution >= 0.6 is 23.2 Å². The summed E-state index contributed by atoms with van der Waals surface area (Å²) < 4.78 is 5.19. The van der Waals surface area contributed by atoms with Gasteiger partial charge in [-0.15, -0.1) is 0 Å². The molecule has 2 aromatic carbocycles. The Morgan fingerprint density at radius 3 is 2.46 bits per heavy atom. The lowest BCUT2D eigenvalue weighted by Crippen LogP contribution is -2.48. The Kier molecular flexibility index (Phi) is 5.17. The smallest absolute Gasteiger partial charge is 0.254 e. The van der Waals surface area contributed by atoms with Gasteiger partial charge in [0.05, 0.1) is 22.8 Å². The number of carbonyl (C=O) groups excluding carboxylic acids is 1. The predicted molar refractivity (Wildman–Crippen MR) is 97.6 cm³/mol. The van der Waals surface area contributed by atoms with E-state index in [1.165, 1.54) is 0 Å². The van der Waals surface area contributed by atoms with E-state index < -0.39 is 0 Å². The summed E-state index contributed by atoms with van der Waals surface area (Å²) in [6.07, 6.45) is 0. The molecule has 1 aliphatic heterocycles. The lowest BCUT2D eigenvalue weighted by molar-refractivity contribution is 0.0746. The number of carbonyl (C=O) groups is 1. The van der Waals surface area contributed by atoms with Crippen LogP contribution in [0.3, 0.4) is 0 Å². The molecule has 0 unspecified atom stereocenters. The third kappa shape index (κ3) is 3.45. The summed E-state index contributed by atoms with van der Waals surface area (Å²) in [6, 6.07) is 12.8.